The van der Waals surface area contributed by atoms with E-state index in [-0.39, 0.29) is 17.3 Å². The van der Waals surface area contributed by atoms with Crippen LogP contribution < -0.4 is 19.1 Å². The zero-order valence-corrected chi connectivity index (χ0v) is 23.1. The Morgan fingerprint density at radius 2 is 1.69 bits per heavy atom. The third-order valence-electron chi connectivity index (χ3n) is 6.63. The third-order valence-corrected chi connectivity index (χ3v) is 6.63. The minimum Gasteiger partial charge on any atom is -0.507 e. The van der Waals surface area contributed by atoms with E-state index < -0.39 is 17.7 Å². The van der Waals surface area contributed by atoms with Gasteiger partial charge in [0.2, 0.25) is 0 Å². The van der Waals surface area contributed by atoms with Gasteiger partial charge in [0.1, 0.15) is 23.0 Å². The molecule has 1 fully saturated rings. The molecular formula is C32H35NO6. The topological polar surface area (TPSA) is 85.3 Å². The molecule has 1 aliphatic rings. The van der Waals surface area contributed by atoms with Crippen molar-refractivity contribution >= 4 is 23.1 Å². The molecule has 0 aliphatic carbocycles. The summed E-state index contributed by atoms with van der Waals surface area (Å²) >= 11 is 0. The highest BCUT2D eigenvalue weighted by Crippen LogP contribution is 2.44. The van der Waals surface area contributed by atoms with Gasteiger partial charge in [-0.1, -0.05) is 39.0 Å². The van der Waals surface area contributed by atoms with Crippen molar-refractivity contribution in [1.29, 1.82) is 0 Å². The molecular weight excluding hydrogens is 494 g/mol. The molecule has 1 unspecified atom stereocenters. The minimum atomic E-state index is -0.879. The Bertz CT molecular complexity index is 1390. The first-order valence-corrected chi connectivity index (χ1v) is 13.3. The van der Waals surface area contributed by atoms with Gasteiger partial charge in [0.05, 0.1) is 31.9 Å². The van der Waals surface area contributed by atoms with E-state index in [4.69, 9.17) is 14.2 Å². The Hall–Kier alpha value is -4.26. The maximum atomic E-state index is 13.6. The van der Waals surface area contributed by atoms with E-state index >= 15 is 0 Å². The lowest BCUT2D eigenvalue weighted by Gasteiger charge is -2.26. The number of ether oxygens (including phenoxy) is 3. The molecule has 0 bridgehead atoms. The summed E-state index contributed by atoms with van der Waals surface area (Å²) in [6, 6.07) is 18.7. The van der Waals surface area contributed by atoms with Crippen LogP contribution in [0.3, 0.4) is 0 Å². The zero-order valence-electron chi connectivity index (χ0n) is 23.1. The van der Waals surface area contributed by atoms with E-state index in [0.717, 1.165) is 17.7 Å². The largest absolute Gasteiger partial charge is 0.507 e. The highest BCUT2D eigenvalue weighted by Gasteiger charge is 2.47. The van der Waals surface area contributed by atoms with Crippen molar-refractivity contribution in [3.63, 3.8) is 0 Å². The number of Topliss-reactive ketones (excluding diaryl/α,β-unsaturated/α-hetero) is 1. The van der Waals surface area contributed by atoms with Crippen LogP contribution in [0.5, 0.6) is 17.2 Å². The van der Waals surface area contributed by atoms with Gasteiger partial charge >= 0.3 is 0 Å². The molecule has 7 heteroatoms. The summed E-state index contributed by atoms with van der Waals surface area (Å²) in [5.74, 6) is 0.258. The van der Waals surface area contributed by atoms with Gasteiger partial charge in [0.15, 0.2) is 0 Å². The number of anilines is 1. The number of benzene rings is 3. The molecule has 1 atom stereocenters. The fourth-order valence-electron chi connectivity index (χ4n) is 4.76. The van der Waals surface area contributed by atoms with Crippen molar-refractivity contribution in [2.24, 2.45) is 0 Å². The van der Waals surface area contributed by atoms with Gasteiger partial charge in [-0.3, -0.25) is 14.5 Å². The zero-order chi connectivity index (χ0) is 28.1. The lowest BCUT2D eigenvalue weighted by molar-refractivity contribution is -0.132. The fourth-order valence-corrected chi connectivity index (χ4v) is 4.76. The van der Waals surface area contributed by atoms with Gasteiger partial charge in [-0.15, -0.1) is 0 Å². The molecule has 0 aromatic heterocycles. The summed E-state index contributed by atoms with van der Waals surface area (Å²) in [6.07, 6.45) is 0.832. The summed E-state index contributed by atoms with van der Waals surface area (Å²) in [7, 11) is 1.55. The number of aliphatic hydroxyl groups is 1. The molecule has 1 aliphatic heterocycles. The van der Waals surface area contributed by atoms with Crippen molar-refractivity contribution in [2.75, 3.05) is 25.2 Å². The lowest BCUT2D eigenvalue weighted by Crippen LogP contribution is -2.29. The first-order valence-electron chi connectivity index (χ1n) is 13.3. The van der Waals surface area contributed by atoms with Crippen LogP contribution >= 0.6 is 0 Å². The summed E-state index contributed by atoms with van der Waals surface area (Å²) < 4.78 is 17.0. The average molecular weight is 530 g/mol. The van der Waals surface area contributed by atoms with Crippen LogP contribution in [0.1, 0.15) is 62.8 Å². The van der Waals surface area contributed by atoms with Crippen molar-refractivity contribution in [2.45, 2.75) is 46.1 Å². The molecule has 0 saturated carbocycles. The Morgan fingerprint density at radius 1 is 0.949 bits per heavy atom. The molecule has 7 nitrogen and oxygen atoms in total. The van der Waals surface area contributed by atoms with Crippen LogP contribution in [0.15, 0.2) is 72.3 Å². The van der Waals surface area contributed by atoms with Gasteiger partial charge in [0, 0.05) is 17.3 Å². The normalized spacial score (nSPS) is 16.6. The number of carbonyl (C=O) groups excluding carboxylic acids is 2. The summed E-state index contributed by atoms with van der Waals surface area (Å²) in [4.78, 5) is 28.6. The van der Waals surface area contributed by atoms with Gasteiger partial charge in [-0.2, -0.15) is 0 Å². The highest BCUT2D eigenvalue weighted by atomic mass is 16.5. The fraction of sp³-hybridized carbons (Fsp3) is 0.312. The highest BCUT2D eigenvalue weighted by molar-refractivity contribution is 6.51. The second-order valence-corrected chi connectivity index (χ2v) is 9.63. The number of carbonyl (C=O) groups is 2. The van der Waals surface area contributed by atoms with Crippen LogP contribution in [-0.4, -0.2) is 37.1 Å². The first kappa shape index (κ1) is 27.8. The minimum absolute atomic E-state index is 0.00648. The SMILES string of the molecule is CCCOc1cccc(N2C(=O)C(=O)/C(=C(\O)c3ccc(OCC)c(C(C)C)c3)C2c2cccc(OC)c2)c1. The average Bonchev–Trinajstić information content (AvgIpc) is 3.22. The van der Waals surface area contributed by atoms with E-state index in [1.54, 1.807) is 55.6 Å². The van der Waals surface area contributed by atoms with Crippen molar-refractivity contribution in [3.8, 4) is 17.2 Å². The third kappa shape index (κ3) is 5.62. The molecule has 3 aromatic carbocycles. The Balaban J connectivity index is 1.91. The van der Waals surface area contributed by atoms with Crippen molar-refractivity contribution < 1.29 is 28.9 Å². The van der Waals surface area contributed by atoms with E-state index in [9.17, 15) is 14.7 Å². The molecule has 4 rings (SSSR count). The van der Waals surface area contributed by atoms with Crippen LogP contribution in [0.4, 0.5) is 5.69 Å². The number of methoxy groups -OCH3 is 1. The summed E-state index contributed by atoms with van der Waals surface area (Å²) in [5.41, 5.74) is 2.46. The van der Waals surface area contributed by atoms with Crippen LogP contribution in [0.25, 0.3) is 5.76 Å². The lowest BCUT2D eigenvalue weighted by atomic mass is 9.93. The van der Waals surface area contributed by atoms with E-state index in [1.165, 1.54) is 4.90 Å². The van der Waals surface area contributed by atoms with Gasteiger partial charge in [0.25, 0.3) is 11.7 Å². The van der Waals surface area contributed by atoms with Gasteiger partial charge in [-0.25, -0.2) is 0 Å². The molecule has 0 spiro atoms. The number of nitrogens with zero attached hydrogens (tertiary/aromatic N) is 1. The Labute approximate surface area is 229 Å². The van der Waals surface area contributed by atoms with Crippen molar-refractivity contribution in [3.05, 3.63) is 89.0 Å². The maximum absolute atomic E-state index is 13.6. The number of hydrogen-bond acceptors (Lipinski definition) is 6. The Kier molecular flexibility index (Phi) is 8.59. The molecule has 1 N–H and O–H groups in total. The Morgan fingerprint density at radius 3 is 2.38 bits per heavy atom. The van der Waals surface area contributed by atoms with E-state index in [2.05, 4.69) is 0 Å². The number of amides is 1. The predicted octanol–water partition coefficient (Wildman–Crippen LogP) is 6.63. The van der Waals surface area contributed by atoms with E-state index in [1.807, 2.05) is 45.9 Å². The number of hydrogen-bond donors (Lipinski definition) is 1. The smallest absolute Gasteiger partial charge is 0.300 e. The molecule has 1 saturated heterocycles. The molecule has 1 heterocycles. The van der Waals surface area contributed by atoms with Gasteiger partial charge < -0.3 is 19.3 Å². The van der Waals surface area contributed by atoms with Crippen molar-refractivity contribution in [1.82, 2.24) is 0 Å². The first-order chi connectivity index (χ1) is 18.8. The monoisotopic (exact) mass is 529 g/mol. The molecule has 3 aromatic rings. The van der Waals surface area contributed by atoms with Crippen LogP contribution in [-0.2, 0) is 9.59 Å². The number of aliphatic hydroxyl groups excluding tert-OH is 1. The second-order valence-electron chi connectivity index (χ2n) is 9.63. The molecule has 39 heavy (non-hydrogen) atoms. The quantitative estimate of drug-likeness (QED) is 0.180. The maximum Gasteiger partial charge on any atom is 0.300 e. The van der Waals surface area contributed by atoms with Crippen LogP contribution in [0, 0.1) is 0 Å². The number of rotatable bonds is 10. The number of ketones is 1. The molecule has 0 radical (unpaired) electrons. The summed E-state index contributed by atoms with van der Waals surface area (Å²) in [5, 5.41) is 11.6. The predicted molar refractivity (Wildman–Crippen MR) is 152 cm³/mol. The molecule has 1 amide bonds. The van der Waals surface area contributed by atoms with E-state index in [0.29, 0.717) is 41.5 Å². The van der Waals surface area contributed by atoms with Crippen LogP contribution in [0.2, 0.25) is 0 Å². The summed E-state index contributed by atoms with van der Waals surface area (Å²) in [6.45, 7) is 9.02. The van der Waals surface area contributed by atoms with Gasteiger partial charge in [-0.05, 0) is 72.9 Å². The molecule has 204 valence electrons. The second kappa shape index (κ2) is 12.1. The standard InChI is InChI=1S/C32H35NO6/c1-6-16-39-25-13-9-11-23(19-25)33-29(21-10-8-12-24(17-21)37-5)28(31(35)32(33)36)30(34)22-14-15-27(38-7-2)26(18-22)20(3)4/h8-15,17-20,29,34H,6-7,16H2,1-5H3/b30-28-.